The fourth-order valence-corrected chi connectivity index (χ4v) is 1.68. The normalized spacial score (nSPS) is 11.5. The van der Waals surface area contributed by atoms with Crippen LogP contribution in [0.2, 0.25) is 0 Å². The van der Waals surface area contributed by atoms with Gasteiger partial charge in [0.15, 0.2) is 0 Å². The van der Waals surface area contributed by atoms with Gasteiger partial charge in [-0.1, -0.05) is 18.2 Å². The lowest BCUT2D eigenvalue weighted by Crippen LogP contribution is -1.84. The van der Waals surface area contributed by atoms with Crippen LogP contribution < -0.4 is 0 Å². The van der Waals surface area contributed by atoms with Crippen molar-refractivity contribution in [2.24, 2.45) is 0 Å². The van der Waals surface area contributed by atoms with Crippen LogP contribution in [0.5, 0.6) is 5.75 Å². The smallest absolute Gasteiger partial charge is 0.478 e. The molecule has 1 aromatic rings. The Bertz CT molecular complexity index is 372. The van der Waals surface area contributed by atoms with E-state index < -0.39 is 15.6 Å². The number of aromatic hydroxyl groups is 1. The zero-order chi connectivity index (χ0) is 12.8. The highest BCUT2D eigenvalue weighted by Gasteiger charge is 2.27. The van der Waals surface area contributed by atoms with Gasteiger partial charge >= 0.3 is 15.6 Å². The largest absolute Gasteiger partial charge is 0.508 e. The lowest BCUT2D eigenvalue weighted by molar-refractivity contribution is 0.225. The molecule has 0 amide bonds. The van der Waals surface area contributed by atoms with Crippen molar-refractivity contribution in [2.75, 3.05) is 0 Å². The number of phenolic OH excluding ortho intramolecular Hbond substituents is 1. The molecule has 5 N–H and O–H groups in total. The predicted octanol–water partition coefficient (Wildman–Crippen LogP) is 0.581. The van der Waals surface area contributed by atoms with Gasteiger partial charge in [-0.25, -0.2) is 9.13 Å². The number of rotatable bonds is 2. The Morgan fingerprint density at radius 1 is 0.875 bits per heavy atom. The molecule has 0 saturated heterocycles. The summed E-state index contributed by atoms with van der Waals surface area (Å²) in [5.41, 5.74) is 0. The Balaban J connectivity index is 0.000000288. The molecule has 0 saturated carbocycles. The highest BCUT2D eigenvalue weighted by Crippen LogP contribution is 2.53. The molecule has 0 heterocycles. The maximum absolute atomic E-state index is 9.63. The van der Waals surface area contributed by atoms with E-state index in [4.69, 9.17) is 24.7 Å². The summed E-state index contributed by atoms with van der Waals surface area (Å²) < 4.78 is 22.2. The highest BCUT2D eigenvalue weighted by molar-refractivity contribution is 7.60. The molecule has 16 heavy (non-hydrogen) atoms. The van der Waals surface area contributed by atoms with Crippen molar-refractivity contribution >= 4 is 15.6 Å². The van der Waals surface area contributed by atoms with Crippen molar-refractivity contribution in [1.29, 1.82) is 0 Å². The zero-order valence-corrected chi connectivity index (χ0v) is 9.53. The van der Waals surface area contributed by atoms with E-state index in [1.54, 1.807) is 24.3 Å². The second-order valence-electron chi connectivity index (χ2n) is 2.40. The summed E-state index contributed by atoms with van der Waals surface area (Å²) in [6.07, 6.45) is 0. The summed E-state index contributed by atoms with van der Waals surface area (Å²) in [5, 5.41) is 8.63. The lowest BCUT2D eigenvalue weighted by Gasteiger charge is -2.03. The SMILES string of the molecule is O=P(O)(O)OP(=O)(O)O.Oc1ccccc1. The summed E-state index contributed by atoms with van der Waals surface area (Å²) in [5.74, 6) is 0.322. The van der Waals surface area contributed by atoms with Gasteiger partial charge in [0.05, 0.1) is 0 Å². The fourth-order valence-electron chi connectivity index (χ4n) is 0.567. The Morgan fingerprint density at radius 2 is 1.25 bits per heavy atom. The topological polar surface area (TPSA) is 145 Å². The average molecular weight is 272 g/mol. The molecule has 1 aromatic carbocycles. The first-order valence-electron chi connectivity index (χ1n) is 3.66. The molecule has 0 bridgehead atoms. The molecule has 0 aliphatic heterocycles. The molecule has 92 valence electrons. The minimum atomic E-state index is -5.05. The molecule has 0 aromatic heterocycles. The number of phenols is 1. The molecule has 0 radical (unpaired) electrons. The van der Waals surface area contributed by atoms with Crippen LogP contribution in [0.3, 0.4) is 0 Å². The van der Waals surface area contributed by atoms with E-state index in [1.807, 2.05) is 6.07 Å². The van der Waals surface area contributed by atoms with Gasteiger partial charge in [-0.2, -0.15) is 4.31 Å². The summed E-state index contributed by atoms with van der Waals surface area (Å²) >= 11 is 0. The van der Waals surface area contributed by atoms with Crippen LogP contribution in [-0.2, 0) is 13.4 Å². The number of hydrogen-bond acceptors (Lipinski definition) is 4. The maximum atomic E-state index is 9.63. The van der Waals surface area contributed by atoms with Gasteiger partial charge < -0.3 is 24.7 Å². The molecular weight excluding hydrogens is 262 g/mol. The fraction of sp³-hybridized carbons (Fsp3) is 0. The lowest BCUT2D eigenvalue weighted by atomic mass is 10.3. The molecule has 8 nitrogen and oxygen atoms in total. The van der Waals surface area contributed by atoms with Crippen LogP contribution in [0.25, 0.3) is 0 Å². The first kappa shape index (κ1) is 15.3. The minimum absolute atomic E-state index is 0.322. The standard InChI is InChI=1S/C6H6O.H4O7P2/c7-6-4-2-1-3-5-6;1-8(2,3)7-9(4,5)6/h1-5,7H;(H2,1,2,3)(H2,4,5,6). The Kier molecular flexibility index (Phi) is 5.85. The van der Waals surface area contributed by atoms with Gasteiger partial charge in [0.25, 0.3) is 0 Å². The number of benzene rings is 1. The third-order valence-electron chi connectivity index (χ3n) is 0.969. The van der Waals surface area contributed by atoms with Crippen LogP contribution >= 0.6 is 15.6 Å². The van der Waals surface area contributed by atoms with E-state index in [0.29, 0.717) is 5.75 Å². The molecule has 0 spiro atoms. The Hall–Kier alpha value is -0.720. The third kappa shape index (κ3) is 11.4. The van der Waals surface area contributed by atoms with Gasteiger partial charge in [0, 0.05) is 0 Å². The zero-order valence-electron chi connectivity index (χ0n) is 7.74. The van der Waals surface area contributed by atoms with E-state index >= 15 is 0 Å². The van der Waals surface area contributed by atoms with Gasteiger partial charge in [-0.15, -0.1) is 0 Å². The van der Waals surface area contributed by atoms with Crippen molar-refractivity contribution in [2.45, 2.75) is 0 Å². The first-order valence-corrected chi connectivity index (χ1v) is 6.73. The number of para-hydroxylation sites is 1. The van der Waals surface area contributed by atoms with Crippen LogP contribution in [0, 0.1) is 0 Å². The summed E-state index contributed by atoms with van der Waals surface area (Å²) in [6.45, 7) is 0. The van der Waals surface area contributed by atoms with Crippen LogP contribution in [0.15, 0.2) is 30.3 Å². The van der Waals surface area contributed by atoms with E-state index in [2.05, 4.69) is 4.31 Å². The van der Waals surface area contributed by atoms with E-state index in [-0.39, 0.29) is 0 Å². The first-order chi connectivity index (χ1) is 7.10. The summed E-state index contributed by atoms with van der Waals surface area (Å²) in [6, 6.07) is 8.71. The van der Waals surface area contributed by atoms with Crippen LogP contribution in [0.1, 0.15) is 0 Å². The van der Waals surface area contributed by atoms with E-state index in [9.17, 15) is 9.13 Å². The molecule has 1 rings (SSSR count). The van der Waals surface area contributed by atoms with Gasteiger partial charge in [-0.05, 0) is 12.1 Å². The molecule has 0 fully saturated rings. The monoisotopic (exact) mass is 272 g/mol. The maximum Gasteiger partial charge on any atom is 0.478 e. The molecule has 0 aliphatic carbocycles. The van der Waals surface area contributed by atoms with Gasteiger partial charge in [-0.3, -0.25) is 0 Å². The summed E-state index contributed by atoms with van der Waals surface area (Å²) in [7, 11) is -10.1. The van der Waals surface area contributed by atoms with E-state index in [0.717, 1.165) is 0 Å². The number of phosphoric acid groups is 2. The van der Waals surface area contributed by atoms with Crippen molar-refractivity contribution in [3.8, 4) is 5.75 Å². The van der Waals surface area contributed by atoms with Crippen LogP contribution in [-0.4, -0.2) is 24.7 Å². The number of hydrogen-bond donors (Lipinski definition) is 5. The summed E-state index contributed by atoms with van der Waals surface area (Å²) in [4.78, 5) is 31.0. The molecule has 0 atom stereocenters. The highest BCUT2D eigenvalue weighted by atomic mass is 31.3. The Labute approximate surface area is 90.6 Å². The van der Waals surface area contributed by atoms with Crippen molar-refractivity contribution in [1.82, 2.24) is 0 Å². The van der Waals surface area contributed by atoms with E-state index in [1.165, 1.54) is 0 Å². The molecule has 0 unspecified atom stereocenters. The van der Waals surface area contributed by atoms with Crippen molar-refractivity contribution in [3.63, 3.8) is 0 Å². The second-order valence-corrected chi connectivity index (χ2v) is 5.01. The second kappa shape index (κ2) is 6.12. The van der Waals surface area contributed by atoms with Gasteiger partial charge in [0.1, 0.15) is 5.75 Å². The predicted molar refractivity (Wildman–Crippen MR) is 53.3 cm³/mol. The Morgan fingerprint density at radius 3 is 1.38 bits per heavy atom. The molecule has 10 heteroatoms. The minimum Gasteiger partial charge on any atom is -0.508 e. The quantitative estimate of drug-likeness (QED) is 0.491. The molecular formula is C6H10O8P2. The van der Waals surface area contributed by atoms with Crippen molar-refractivity contribution < 1.29 is 38.1 Å². The average Bonchev–Trinajstić information content (AvgIpc) is 1.99. The molecule has 0 aliphatic rings. The third-order valence-corrected chi connectivity index (χ3v) is 2.67. The van der Waals surface area contributed by atoms with Crippen molar-refractivity contribution in [3.05, 3.63) is 30.3 Å². The van der Waals surface area contributed by atoms with Gasteiger partial charge in [0.2, 0.25) is 0 Å². The van der Waals surface area contributed by atoms with Crippen LogP contribution in [0.4, 0.5) is 0 Å².